The summed E-state index contributed by atoms with van der Waals surface area (Å²) in [5.74, 6) is -2.48. The number of carbonyl (C=O) groups is 5. The number of methoxy groups -OCH3 is 1. The average Bonchev–Trinajstić information content (AvgIpc) is 3.48. The van der Waals surface area contributed by atoms with Gasteiger partial charge in [0.05, 0.1) is 36.2 Å². The van der Waals surface area contributed by atoms with E-state index in [4.69, 9.17) is 23.7 Å². The first-order chi connectivity index (χ1) is 21.0. The van der Waals surface area contributed by atoms with Gasteiger partial charge in [-0.1, -0.05) is 0 Å². The molecule has 0 aromatic heterocycles. The second kappa shape index (κ2) is 10.2. The molecule has 1 aromatic carbocycles. The van der Waals surface area contributed by atoms with Gasteiger partial charge in [-0.25, -0.2) is 4.79 Å². The van der Waals surface area contributed by atoms with Crippen molar-refractivity contribution in [1.82, 2.24) is 9.80 Å². The van der Waals surface area contributed by atoms with E-state index in [1.807, 2.05) is 4.90 Å². The molecule has 1 aromatic rings. The number of allylic oxidation sites excluding steroid dienone is 2. The molecule has 0 saturated carbocycles. The molecule has 1 N–H and O–H groups in total. The van der Waals surface area contributed by atoms with Crippen molar-refractivity contribution in [2.24, 2.45) is 0 Å². The number of Topliss-reactive ketones (excluding diaryl/α,β-unsaturated/α-hetero) is 3. The van der Waals surface area contributed by atoms with Crippen molar-refractivity contribution >= 4 is 41.1 Å². The molecule has 0 amide bonds. The van der Waals surface area contributed by atoms with E-state index in [0.29, 0.717) is 33.8 Å². The van der Waals surface area contributed by atoms with Gasteiger partial charge >= 0.3 is 11.9 Å². The van der Waals surface area contributed by atoms with E-state index in [1.165, 1.54) is 14.0 Å². The van der Waals surface area contributed by atoms with Crippen molar-refractivity contribution in [3.63, 3.8) is 0 Å². The van der Waals surface area contributed by atoms with E-state index in [2.05, 4.69) is 0 Å². The average molecular weight is 627 g/mol. The third-order valence-electron chi connectivity index (χ3n) is 9.52. The summed E-state index contributed by atoms with van der Waals surface area (Å²) in [6.45, 7) is 4.10. The molecule has 2 unspecified atom stereocenters. The van der Waals surface area contributed by atoms with E-state index >= 15 is 0 Å². The number of nitrogens with zero attached hydrogens (tertiary/aromatic N) is 2. The van der Waals surface area contributed by atoms with E-state index in [-0.39, 0.29) is 54.0 Å². The lowest BCUT2D eigenvalue weighted by Crippen LogP contribution is -2.73. The molecular formula is C30H30N2O11S. The summed E-state index contributed by atoms with van der Waals surface area (Å²) in [5, 5.41) is 11.4. The number of thioether (sulfide) groups is 1. The molecule has 2 saturated heterocycles. The Morgan fingerprint density at radius 2 is 1.77 bits per heavy atom. The summed E-state index contributed by atoms with van der Waals surface area (Å²) in [6, 6.07) is -3.01. The number of hydrogen-bond acceptors (Lipinski definition) is 14. The van der Waals surface area contributed by atoms with Crippen molar-refractivity contribution in [1.29, 1.82) is 0 Å². The van der Waals surface area contributed by atoms with Gasteiger partial charge in [-0.3, -0.25) is 29.0 Å². The van der Waals surface area contributed by atoms with Crippen LogP contribution in [-0.2, 0) is 33.4 Å². The van der Waals surface area contributed by atoms with Crippen LogP contribution >= 0.6 is 11.8 Å². The molecule has 4 bridgehead atoms. The zero-order valence-corrected chi connectivity index (χ0v) is 25.4. The van der Waals surface area contributed by atoms with Gasteiger partial charge in [-0.15, -0.1) is 11.8 Å². The van der Waals surface area contributed by atoms with Gasteiger partial charge < -0.3 is 28.8 Å². The molecule has 44 heavy (non-hydrogen) atoms. The quantitative estimate of drug-likeness (QED) is 0.215. The SMILES string of the molecule is COC1=C(C)C(=O)C2=C(C1=O)C1C3[C@@H]4SCC(=O)C(=O)OC[C@@H](c5c6c(c(C)c(OC(C)=O)c54)OCO6)N3[C@@H](O)[C@@H](C2)N1C. The third-order valence-corrected chi connectivity index (χ3v) is 10.8. The van der Waals surface area contributed by atoms with Crippen molar-refractivity contribution < 1.29 is 52.8 Å². The summed E-state index contributed by atoms with van der Waals surface area (Å²) < 4.78 is 28.5. The van der Waals surface area contributed by atoms with Crippen LogP contribution in [0.4, 0.5) is 0 Å². The Balaban J connectivity index is 1.53. The van der Waals surface area contributed by atoms with Crippen molar-refractivity contribution in [2.75, 3.05) is 33.3 Å². The number of rotatable bonds is 2. The van der Waals surface area contributed by atoms with Gasteiger partial charge in [0.1, 0.15) is 18.6 Å². The van der Waals surface area contributed by atoms with Crippen LogP contribution in [-0.4, -0.2) is 102 Å². The number of ether oxygens (including phenoxy) is 5. The minimum atomic E-state index is -1.20. The van der Waals surface area contributed by atoms with Gasteiger partial charge in [0.25, 0.3) is 0 Å². The molecule has 232 valence electrons. The number of aliphatic hydroxyl groups is 1. The van der Waals surface area contributed by atoms with E-state index in [1.54, 1.807) is 25.8 Å². The second-order valence-electron chi connectivity index (χ2n) is 11.7. The number of hydrogen-bond donors (Lipinski definition) is 1. The minimum absolute atomic E-state index is 0.0414. The van der Waals surface area contributed by atoms with E-state index < -0.39 is 59.2 Å². The summed E-state index contributed by atoms with van der Waals surface area (Å²) in [6.07, 6.45) is -1.09. The predicted molar refractivity (Wildman–Crippen MR) is 151 cm³/mol. The molecule has 13 nitrogen and oxygen atoms in total. The first-order valence-corrected chi connectivity index (χ1v) is 15.2. The largest absolute Gasteiger partial charge is 0.492 e. The van der Waals surface area contributed by atoms with Crippen molar-refractivity contribution in [3.8, 4) is 17.2 Å². The van der Waals surface area contributed by atoms with E-state index in [0.717, 1.165) is 11.8 Å². The minimum Gasteiger partial charge on any atom is -0.492 e. The Morgan fingerprint density at radius 3 is 2.48 bits per heavy atom. The van der Waals surface area contributed by atoms with Crippen LogP contribution in [0.3, 0.4) is 0 Å². The molecular weight excluding hydrogens is 596 g/mol. The van der Waals surface area contributed by atoms with Crippen LogP contribution in [0.25, 0.3) is 0 Å². The van der Waals surface area contributed by atoms with E-state index in [9.17, 15) is 29.1 Å². The lowest BCUT2D eigenvalue weighted by molar-refractivity contribution is -0.179. The molecule has 0 spiro atoms. The second-order valence-corrected chi connectivity index (χ2v) is 12.8. The number of cyclic esters (lactones) is 1. The zero-order valence-electron chi connectivity index (χ0n) is 24.6. The Bertz CT molecular complexity index is 1650. The maximum absolute atomic E-state index is 14.1. The monoisotopic (exact) mass is 626 g/mol. The maximum Gasteiger partial charge on any atom is 0.375 e. The van der Waals surface area contributed by atoms with Gasteiger partial charge in [-0.05, 0) is 27.3 Å². The highest BCUT2D eigenvalue weighted by molar-refractivity contribution is 8.00. The number of likely N-dealkylation sites (N-methyl/N-ethyl adjacent to an activating group) is 1. The predicted octanol–water partition coefficient (Wildman–Crippen LogP) is 1.05. The third kappa shape index (κ3) is 3.80. The van der Waals surface area contributed by atoms with Gasteiger partial charge in [0.2, 0.25) is 18.4 Å². The van der Waals surface area contributed by atoms with Crippen LogP contribution in [0.1, 0.15) is 48.3 Å². The van der Waals surface area contributed by atoms with Crippen LogP contribution < -0.4 is 14.2 Å². The standard InChI is InChI=1S/C30H30N2O11S/c1-10-22(35)13-6-14-29(37)32-15-7-40-30(38)16(34)8-44-28(21(32)20(31(14)4)17(13)23(36)25(10)39-5)19-18(15)27-26(41-9-42-27)11(2)24(19)43-12(3)33/h14-15,20-21,28-29,37H,6-9H2,1-5H3/t14-,15+,20?,21?,28-,29+/m1/s1. The lowest BCUT2D eigenvalue weighted by Gasteiger charge is -2.62. The fourth-order valence-electron chi connectivity index (χ4n) is 7.71. The highest BCUT2D eigenvalue weighted by atomic mass is 32.2. The maximum atomic E-state index is 14.1. The molecule has 7 rings (SSSR count). The van der Waals surface area contributed by atoms with Crippen LogP contribution in [0.5, 0.6) is 17.2 Å². The fraction of sp³-hybridized carbons (Fsp3) is 0.500. The Morgan fingerprint density at radius 1 is 1.05 bits per heavy atom. The van der Waals surface area contributed by atoms with Gasteiger partial charge in [0.15, 0.2) is 23.0 Å². The number of carbonyl (C=O) groups excluding carboxylic acids is 5. The molecule has 2 fully saturated rings. The molecule has 5 aliphatic heterocycles. The number of piperazine rings is 1. The van der Waals surface area contributed by atoms with Crippen molar-refractivity contribution in [3.05, 3.63) is 39.2 Å². The summed E-state index contributed by atoms with van der Waals surface area (Å²) >= 11 is 1.11. The lowest BCUT2D eigenvalue weighted by atomic mass is 9.70. The van der Waals surface area contributed by atoms with Crippen LogP contribution in [0.2, 0.25) is 0 Å². The number of benzene rings is 1. The number of ketones is 3. The molecule has 1 aliphatic carbocycles. The number of esters is 2. The van der Waals surface area contributed by atoms with Gasteiger partial charge in [0, 0.05) is 46.4 Å². The van der Waals surface area contributed by atoms with Gasteiger partial charge in [-0.2, -0.15) is 0 Å². The van der Waals surface area contributed by atoms with Crippen molar-refractivity contribution in [2.45, 2.75) is 62.8 Å². The number of aliphatic hydroxyl groups excluding tert-OH is 1. The first kappa shape index (κ1) is 29.0. The molecule has 5 heterocycles. The zero-order chi connectivity index (χ0) is 31.4. The highest BCUT2D eigenvalue weighted by Gasteiger charge is 2.62. The normalized spacial score (nSPS) is 31.4. The molecule has 0 radical (unpaired) electrons. The Hall–Kier alpha value is -3.72. The smallest absolute Gasteiger partial charge is 0.375 e. The first-order valence-electron chi connectivity index (χ1n) is 14.2. The topological polar surface area (TPSA) is 158 Å². The Labute approximate surface area is 256 Å². The fourth-order valence-corrected chi connectivity index (χ4v) is 9.05. The summed E-state index contributed by atoms with van der Waals surface area (Å²) in [5.41, 5.74) is 2.31. The molecule has 6 aliphatic rings. The highest BCUT2D eigenvalue weighted by Crippen LogP contribution is 2.61. The van der Waals surface area contributed by atoms with Crippen LogP contribution in [0, 0.1) is 6.92 Å². The summed E-state index contributed by atoms with van der Waals surface area (Å²) in [4.78, 5) is 69.4. The molecule has 14 heteroatoms. The Kier molecular flexibility index (Phi) is 6.70. The molecule has 6 atom stereocenters. The number of fused-ring (bicyclic) bond motifs is 8. The van der Waals surface area contributed by atoms with Crippen LogP contribution in [0.15, 0.2) is 22.5 Å². The summed E-state index contributed by atoms with van der Waals surface area (Å²) in [7, 11) is 3.13.